The molecule has 0 radical (unpaired) electrons. The van der Waals surface area contributed by atoms with Gasteiger partial charge < -0.3 is 19.9 Å². The first-order valence-corrected chi connectivity index (χ1v) is 15.5. The van der Waals surface area contributed by atoms with Crippen molar-refractivity contribution < 1.29 is 22.7 Å². The predicted molar refractivity (Wildman–Crippen MR) is 154 cm³/mol. The Balaban J connectivity index is 1.37. The van der Waals surface area contributed by atoms with Gasteiger partial charge in [0, 0.05) is 43.7 Å². The lowest BCUT2D eigenvalue weighted by Crippen LogP contribution is -2.51. The average molecular weight is 567 g/mol. The lowest BCUT2D eigenvalue weighted by Gasteiger charge is -2.34. The molecule has 5 rings (SSSR count). The van der Waals surface area contributed by atoms with Crippen LogP contribution in [-0.4, -0.2) is 62.5 Å². The number of rotatable bonds is 9. The number of piperidine rings is 1. The van der Waals surface area contributed by atoms with Crippen molar-refractivity contribution in [2.45, 2.75) is 56.9 Å². The van der Waals surface area contributed by atoms with Crippen molar-refractivity contribution >= 4 is 38.5 Å². The molecule has 214 valence electrons. The smallest absolute Gasteiger partial charge is 0.302 e. The van der Waals surface area contributed by atoms with Gasteiger partial charge in [-0.05, 0) is 67.2 Å². The van der Waals surface area contributed by atoms with E-state index >= 15 is 0 Å². The maximum Gasteiger partial charge on any atom is 0.302 e. The molecule has 40 heavy (non-hydrogen) atoms. The van der Waals surface area contributed by atoms with Gasteiger partial charge in [0.1, 0.15) is 10.9 Å². The first-order chi connectivity index (χ1) is 19.2. The third-order valence-corrected chi connectivity index (χ3v) is 9.56. The van der Waals surface area contributed by atoms with Crippen LogP contribution in [0.4, 0.5) is 5.69 Å². The van der Waals surface area contributed by atoms with Gasteiger partial charge in [0.15, 0.2) is 0 Å². The van der Waals surface area contributed by atoms with Crippen LogP contribution in [0.5, 0.6) is 0 Å². The summed E-state index contributed by atoms with van der Waals surface area (Å²) in [6, 6.07) is 12.2. The van der Waals surface area contributed by atoms with Crippen molar-refractivity contribution in [3.8, 4) is 0 Å². The van der Waals surface area contributed by atoms with Crippen molar-refractivity contribution in [2.75, 3.05) is 31.6 Å². The summed E-state index contributed by atoms with van der Waals surface area (Å²) >= 11 is 0. The highest BCUT2D eigenvalue weighted by Gasteiger charge is 2.34. The number of hydrogen-bond donors (Lipinski definition) is 3. The van der Waals surface area contributed by atoms with E-state index in [9.17, 15) is 18.0 Å². The molecular weight excluding hydrogens is 528 g/mol. The minimum absolute atomic E-state index is 0.179. The summed E-state index contributed by atoms with van der Waals surface area (Å²) < 4.78 is 35.5. The second kappa shape index (κ2) is 12.0. The number of hydrogen-bond acceptors (Lipinski definition) is 6. The van der Waals surface area contributed by atoms with Crippen LogP contribution in [0.25, 0.3) is 10.9 Å². The Kier molecular flexibility index (Phi) is 8.46. The SMILES string of the molecule is CC(=O)OCCC1CCN(C(=O)[C@H](Cc2c[nH]c3ccccc23)NS(=O)(=O)c2cccc3c2NCC(C)C3)CC1. The highest BCUT2D eigenvalue weighted by atomic mass is 32.2. The molecule has 3 heterocycles. The average Bonchev–Trinajstić information content (AvgIpc) is 3.34. The number of anilines is 1. The van der Waals surface area contributed by atoms with Crippen LogP contribution in [-0.2, 0) is 37.2 Å². The number of esters is 1. The highest BCUT2D eigenvalue weighted by Crippen LogP contribution is 2.32. The van der Waals surface area contributed by atoms with Crippen LogP contribution in [0.2, 0.25) is 0 Å². The summed E-state index contributed by atoms with van der Waals surface area (Å²) in [5, 5.41) is 4.27. The number of aromatic amines is 1. The molecule has 2 aliphatic rings. The number of carbonyl (C=O) groups excluding carboxylic acids is 2. The van der Waals surface area contributed by atoms with Crippen molar-refractivity contribution in [3.63, 3.8) is 0 Å². The van der Waals surface area contributed by atoms with Gasteiger partial charge in [0.05, 0.1) is 12.3 Å². The number of amides is 1. The van der Waals surface area contributed by atoms with E-state index in [1.165, 1.54) is 6.92 Å². The molecule has 3 aromatic rings. The number of nitrogens with one attached hydrogen (secondary N) is 3. The maximum atomic E-state index is 13.9. The number of fused-ring (bicyclic) bond motifs is 2. The largest absolute Gasteiger partial charge is 0.466 e. The van der Waals surface area contributed by atoms with Gasteiger partial charge in [-0.15, -0.1) is 0 Å². The summed E-state index contributed by atoms with van der Waals surface area (Å²) in [7, 11) is -4.01. The highest BCUT2D eigenvalue weighted by molar-refractivity contribution is 7.89. The number of H-pyrrole nitrogens is 1. The van der Waals surface area contributed by atoms with Crippen LogP contribution in [0.1, 0.15) is 44.2 Å². The Labute approximate surface area is 235 Å². The third-order valence-electron chi connectivity index (χ3n) is 8.05. The molecule has 0 bridgehead atoms. The molecule has 1 aromatic heterocycles. The van der Waals surface area contributed by atoms with Crippen LogP contribution >= 0.6 is 0 Å². The quantitative estimate of drug-likeness (QED) is 0.339. The summed E-state index contributed by atoms with van der Waals surface area (Å²) in [5.74, 6) is 0.256. The summed E-state index contributed by atoms with van der Waals surface area (Å²) in [6.07, 6.45) is 5.22. The van der Waals surface area contributed by atoms with Gasteiger partial charge in [0.25, 0.3) is 0 Å². The molecule has 0 spiro atoms. The van der Waals surface area contributed by atoms with E-state index in [1.807, 2.05) is 36.5 Å². The van der Waals surface area contributed by atoms with Gasteiger partial charge in [-0.3, -0.25) is 9.59 Å². The molecule has 1 fully saturated rings. The number of sulfonamides is 1. The van der Waals surface area contributed by atoms with Gasteiger partial charge in [-0.25, -0.2) is 8.42 Å². The van der Waals surface area contributed by atoms with Crippen LogP contribution < -0.4 is 10.0 Å². The van der Waals surface area contributed by atoms with Crippen molar-refractivity contribution in [2.24, 2.45) is 11.8 Å². The lowest BCUT2D eigenvalue weighted by molar-refractivity contribution is -0.141. The number of ether oxygens (including phenoxy) is 1. The van der Waals surface area contributed by atoms with Crippen molar-refractivity contribution in [3.05, 3.63) is 59.8 Å². The van der Waals surface area contributed by atoms with Crippen molar-refractivity contribution in [1.82, 2.24) is 14.6 Å². The van der Waals surface area contributed by atoms with Crippen molar-refractivity contribution in [1.29, 1.82) is 0 Å². The second-order valence-corrected chi connectivity index (χ2v) is 12.8. The summed E-state index contributed by atoms with van der Waals surface area (Å²) in [4.78, 5) is 30.2. The Bertz CT molecular complexity index is 1480. The topological polar surface area (TPSA) is 121 Å². The molecule has 0 saturated carbocycles. The zero-order chi connectivity index (χ0) is 28.3. The zero-order valence-electron chi connectivity index (χ0n) is 23.1. The number of carbonyl (C=O) groups is 2. The molecule has 2 aromatic carbocycles. The normalized spacial score (nSPS) is 18.6. The van der Waals surface area contributed by atoms with Gasteiger partial charge in [0.2, 0.25) is 15.9 Å². The molecule has 3 N–H and O–H groups in total. The molecule has 0 aliphatic carbocycles. The van der Waals surface area contributed by atoms with E-state index in [-0.39, 0.29) is 23.2 Å². The van der Waals surface area contributed by atoms with Crippen LogP contribution in [0.3, 0.4) is 0 Å². The first kappa shape index (κ1) is 28.2. The Morgan fingerprint density at radius 2 is 1.90 bits per heavy atom. The van der Waals surface area contributed by atoms with Crippen LogP contribution in [0.15, 0.2) is 53.6 Å². The van der Waals surface area contributed by atoms with E-state index in [2.05, 4.69) is 21.9 Å². The molecule has 9 nitrogen and oxygen atoms in total. The minimum atomic E-state index is -4.01. The summed E-state index contributed by atoms with van der Waals surface area (Å²) in [5.41, 5.74) is 3.42. The Morgan fingerprint density at radius 1 is 1.12 bits per heavy atom. The number of likely N-dealkylation sites (tertiary alicyclic amines) is 1. The number of nitrogens with zero attached hydrogens (tertiary/aromatic N) is 1. The Hall–Kier alpha value is -3.37. The van der Waals surface area contributed by atoms with Crippen LogP contribution in [0, 0.1) is 11.8 Å². The third kappa shape index (κ3) is 6.33. The molecule has 1 saturated heterocycles. The fourth-order valence-corrected chi connectivity index (χ4v) is 7.29. The molecule has 1 amide bonds. The van der Waals surface area contributed by atoms with E-state index < -0.39 is 16.1 Å². The zero-order valence-corrected chi connectivity index (χ0v) is 23.9. The Morgan fingerprint density at radius 3 is 2.67 bits per heavy atom. The predicted octanol–water partition coefficient (Wildman–Crippen LogP) is 3.85. The van der Waals surface area contributed by atoms with E-state index in [0.29, 0.717) is 43.8 Å². The van der Waals surface area contributed by atoms with Gasteiger partial charge in [-0.2, -0.15) is 4.72 Å². The fourth-order valence-electron chi connectivity index (χ4n) is 5.88. The monoisotopic (exact) mass is 566 g/mol. The van der Waals surface area contributed by atoms with E-state index in [4.69, 9.17) is 4.74 Å². The minimum Gasteiger partial charge on any atom is -0.466 e. The standard InChI is InChI=1S/C30H38N4O5S/c1-20-16-23-6-5-9-28(29(23)32-18-20)40(37,38)33-27(17-24-19-31-26-8-4-3-7-25(24)26)30(36)34-13-10-22(11-14-34)12-15-39-21(2)35/h3-9,19-20,22,27,31-33H,10-18H2,1-2H3/t20?,27-/m0/s1. The molecule has 2 atom stereocenters. The lowest BCUT2D eigenvalue weighted by atomic mass is 9.93. The second-order valence-electron chi connectivity index (χ2n) is 11.1. The number of benzene rings is 2. The summed E-state index contributed by atoms with van der Waals surface area (Å²) in [6.45, 7) is 5.68. The number of aromatic nitrogens is 1. The van der Waals surface area contributed by atoms with Gasteiger partial charge >= 0.3 is 5.97 Å². The van der Waals surface area contributed by atoms with Gasteiger partial charge in [-0.1, -0.05) is 37.3 Å². The molecular formula is C30H38N4O5S. The maximum absolute atomic E-state index is 13.9. The molecule has 2 aliphatic heterocycles. The first-order valence-electron chi connectivity index (χ1n) is 14.1. The molecule has 1 unspecified atom stereocenters. The van der Waals surface area contributed by atoms with E-state index in [0.717, 1.165) is 47.7 Å². The molecule has 10 heteroatoms. The number of para-hydroxylation sites is 2. The van der Waals surface area contributed by atoms with E-state index in [1.54, 1.807) is 17.0 Å². The fraction of sp³-hybridized carbons (Fsp3) is 0.467.